The molecule has 17 heavy (non-hydrogen) atoms. The van der Waals surface area contributed by atoms with Crippen LogP contribution in [0, 0.1) is 5.41 Å². The number of primary amides is 1. The molecule has 0 unspecified atom stereocenters. The molecule has 1 aromatic carbocycles. The number of alkyl halides is 3. The van der Waals surface area contributed by atoms with Gasteiger partial charge in [0.25, 0.3) is 0 Å². The molecule has 0 radical (unpaired) electrons. The van der Waals surface area contributed by atoms with Gasteiger partial charge in [-0.05, 0) is 19.1 Å². The fourth-order valence-corrected chi connectivity index (χ4v) is 1.27. The van der Waals surface area contributed by atoms with Gasteiger partial charge in [0.05, 0.1) is 5.56 Å². The summed E-state index contributed by atoms with van der Waals surface area (Å²) in [7, 11) is 0. The summed E-state index contributed by atoms with van der Waals surface area (Å²) in [5.74, 6) is -0.294. The zero-order chi connectivity index (χ0) is 13.1. The number of rotatable bonds is 3. The molecule has 3 nitrogen and oxygen atoms in total. The van der Waals surface area contributed by atoms with Gasteiger partial charge in [-0.2, -0.15) is 13.2 Å². The van der Waals surface area contributed by atoms with Crippen molar-refractivity contribution in [1.82, 2.24) is 0 Å². The van der Waals surface area contributed by atoms with Crippen LogP contribution in [0.1, 0.15) is 18.9 Å². The number of nitrogens with two attached hydrogens (primary N) is 1. The van der Waals surface area contributed by atoms with Crippen molar-refractivity contribution in [3.63, 3.8) is 0 Å². The molecule has 1 aromatic rings. The smallest absolute Gasteiger partial charge is 0.309 e. The molecule has 0 fully saturated rings. The number of carbonyl (C=O) groups excluding carboxylic acids is 1. The van der Waals surface area contributed by atoms with Gasteiger partial charge in [0.15, 0.2) is 0 Å². The minimum Gasteiger partial charge on any atom is -0.309 e. The predicted molar refractivity (Wildman–Crippen MR) is 56.1 cm³/mol. The monoisotopic (exact) mass is 245 g/mol. The zero-order valence-electron chi connectivity index (χ0n) is 9.14. The molecule has 0 heterocycles. The molecular formula is C11H12F3N2O+. The van der Waals surface area contributed by atoms with Crippen molar-refractivity contribution in [3.8, 4) is 0 Å². The highest BCUT2D eigenvalue weighted by Gasteiger charge is 2.30. The normalized spacial score (nSPS) is 11.3. The maximum absolute atomic E-state index is 12.2. The Morgan fingerprint density at radius 3 is 2.24 bits per heavy atom. The Kier molecular flexibility index (Phi) is 4.01. The Morgan fingerprint density at radius 1 is 1.29 bits per heavy atom. The van der Waals surface area contributed by atoms with Crippen LogP contribution in [-0.2, 0) is 11.0 Å². The molecule has 1 rings (SSSR count). The van der Waals surface area contributed by atoms with Crippen LogP contribution >= 0.6 is 0 Å². The number of quaternary nitrogens is 1. The van der Waals surface area contributed by atoms with E-state index >= 15 is 0 Å². The van der Waals surface area contributed by atoms with E-state index in [1.54, 1.807) is 0 Å². The van der Waals surface area contributed by atoms with Crippen LogP contribution in [-0.4, -0.2) is 11.6 Å². The van der Waals surface area contributed by atoms with E-state index in [4.69, 9.17) is 5.41 Å². The van der Waals surface area contributed by atoms with Gasteiger partial charge in [-0.25, -0.2) is 4.79 Å². The van der Waals surface area contributed by atoms with Gasteiger partial charge in [0, 0.05) is 17.8 Å². The van der Waals surface area contributed by atoms with Crippen molar-refractivity contribution >= 4 is 17.3 Å². The molecule has 92 valence electrons. The Labute approximate surface area is 96.1 Å². The van der Waals surface area contributed by atoms with E-state index in [0.29, 0.717) is 5.69 Å². The summed E-state index contributed by atoms with van der Waals surface area (Å²) in [5.41, 5.74) is -0.118. The van der Waals surface area contributed by atoms with Crippen molar-refractivity contribution in [2.75, 3.05) is 0 Å². The zero-order valence-corrected chi connectivity index (χ0v) is 9.14. The SMILES string of the molecule is CC(=N)CC(=O)[NH2+]c1ccc(C(F)(F)F)cc1. The van der Waals surface area contributed by atoms with Gasteiger partial charge in [-0.15, -0.1) is 0 Å². The van der Waals surface area contributed by atoms with Gasteiger partial charge in [0.1, 0.15) is 12.1 Å². The summed E-state index contributed by atoms with van der Waals surface area (Å²) in [6.07, 6.45) is -4.38. The summed E-state index contributed by atoms with van der Waals surface area (Å²) in [4.78, 5) is 11.3. The Hall–Kier alpha value is -1.69. The molecule has 1 amide bonds. The van der Waals surface area contributed by atoms with Crippen molar-refractivity contribution in [2.24, 2.45) is 0 Å². The van der Waals surface area contributed by atoms with Crippen molar-refractivity contribution < 1.29 is 23.3 Å². The summed E-state index contributed by atoms with van der Waals surface area (Å²) < 4.78 is 36.7. The molecule has 0 bridgehead atoms. The average Bonchev–Trinajstić information content (AvgIpc) is 2.15. The first-order chi connectivity index (χ1) is 7.79. The summed E-state index contributed by atoms with van der Waals surface area (Å²) >= 11 is 0. The molecule has 0 saturated carbocycles. The van der Waals surface area contributed by atoms with Crippen LogP contribution < -0.4 is 5.32 Å². The lowest BCUT2D eigenvalue weighted by molar-refractivity contribution is -0.482. The second-order valence-corrected chi connectivity index (χ2v) is 3.69. The first-order valence-electron chi connectivity index (χ1n) is 4.88. The molecule has 0 aliphatic carbocycles. The molecule has 0 atom stereocenters. The van der Waals surface area contributed by atoms with Crippen LogP contribution in [0.2, 0.25) is 0 Å². The van der Waals surface area contributed by atoms with Crippen LogP contribution in [0.3, 0.4) is 0 Å². The lowest BCUT2D eigenvalue weighted by Crippen LogP contribution is -2.82. The van der Waals surface area contributed by atoms with Crippen molar-refractivity contribution in [2.45, 2.75) is 19.5 Å². The van der Waals surface area contributed by atoms with E-state index < -0.39 is 11.7 Å². The van der Waals surface area contributed by atoms with E-state index in [2.05, 4.69) is 0 Å². The van der Waals surface area contributed by atoms with Crippen LogP contribution in [0.4, 0.5) is 18.9 Å². The number of nitrogens with one attached hydrogen (secondary N) is 1. The lowest BCUT2D eigenvalue weighted by Gasteiger charge is -2.06. The lowest BCUT2D eigenvalue weighted by atomic mass is 10.2. The molecular weight excluding hydrogens is 233 g/mol. The number of halogens is 3. The Bertz CT molecular complexity index is 423. The maximum Gasteiger partial charge on any atom is 0.416 e. The third kappa shape index (κ3) is 4.36. The minimum atomic E-state index is -4.37. The number of benzene rings is 1. The van der Waals surface area contributed by atoms with Crippen LogP contribution in [0.15, 0.2) is 24.3 Å². The highest BCUT2D eigenvalue weighted by molar-refractivity contribution is 5.94. The molecule has 0 aromatic heterocycles. The van der Waals surface area contributed by atoms with Gasteiger partial charge >= 0.3 is 12.1 Å². The first kappa shape index (κ1) is 13.4. The predicted octanol–water partition coefficient (Wildman–Crippen LogP) is 1.86. The van der Waals surface area contributed by atoms with E-state index in [0.717, 1.165) is 12.1 Å². The summed E-state index contributed by atoms with van der Waals surface area (Å²) in [6.45, 7) is 1.50. The Morgan fingerprint density at radius 2 is 1.82 bits per heavy atom. The van der Waals surface area contributed by atoms with Gasteiger partial charge < -0.3 is 5.41 Å². The molecule has 6 heteroatoms. The Balaban J connectivity index is 2.69. The molecule has 0 spiro atoms. The molecule has 0 aliphatic heterocycles. The fourth-order valence-electron chi connectivity index (χ4n) is 1.27. The molecule has 0 saturated heterocycles. The second kappa shape index (κ2) is 5.09. The van der Waals surface area contributed by atoms with Crippen LogP contribution in [0.5, 0.6) is 0 Å². The van der Waals surface area contributed by atoms with Gasteiger partial charge in [0.2, 0.25) is 0 Å². The van der Waals surface area contributed by atoms with E-state index in [1.807, 2.05) is 0 Å². The van der Waals surface area contributed by atoms with Crippen molar-refractivity contribution in [1.29, 1.82) is 5.41 Å². The first-order valence-corrected chi connectivity index (χ1v) is 4.88. The topological polar surface area (TPSA) is 57.5 Å². The van der Waals surface area contributed by atoms with Crippen LogP contribution in [0.25, 0.3) is 0 Å². The highest BCUT2D eigenvalue weighted by Crippen LogP contribution is 2.29. The van der Waals surface area contributed by atoms with Gasteiger partial charge in [-0.3, -0.25) is 5.32 Å². The fraction of sp³-hybridized carbons (Fsp3) is 0.273. The third-order valence-electron chi connectivity index (χ3n) is 2.01. The largest absolute Gasteiger partial charge is 0.416 e. The average molecular weight is 245 g/mol. The molecule has 0 aliphatic rings. The standard InChI is InChI=1S/C11H11F3N2O/c1-7(15)6-10(17)16-9-4-2-8(3-5-9)11(12,13)14/h2-5,15H,6H2,1H3,(H,16,17)/p+1. The third-order valence-corrected chi connectivity index (χ3v) is 2.01. The molecule has 3 N–H and O–H groups in total. The highest BCUT2D eigenvalue weighted by atomic mass is 19.4. The van der Waals surface area contributed by atoms with E-state index in [9.17, 15) is 18.0 Å². The quantitative estimate of drug-likeness (QED) is 0.619. The number of carbonyl (C=O) groups is 1. The van der Waals surface area contributed by atoms with Gasteiger partial charge in [-0.1, -0.05) is 0 Å². The van der Waals surface area contributed by atoms with E-state index in [-0.39, 0.29) is 18.0 Å². The maximum atomic E-state index is 12.2. The minimum absolute atomic E-state index is 0.0129. The second-order valence-electron chi connectivity index (χ2n) is 3.69. The number of hydrogen-bond acceptors (Lipinski definition) is 2. The summed E-state index contributed by atoms with van der Waals surface area (Å²) in [5, 5.41) is 8.35. The number of hydrogen-bond donors (Lipinski definition) is 2. The van der Waals surface area contributed by atoms with E-state index in [1.165, 1.54) is 24.4 Å². The summed E-state index contributed by atoms with van der Waals surface area (Å²) in [6, 6.07) is 4.33. The number of amides is 1. The van der Waals surface area contributed by atoms with Crippen molar-refractivity contribution in [3.05, 3.63) is 29.8 Å².